The van der Waals surface area contributed by atoms with Crippen LogP contribution in [0.3, 0.4) is 0 Å². The highest BCUT2D eigenvalue weighted by atomic mass is 32.2. The molecule has 0 bridgehead atoms. The van der Waals surface area contributed by atoms with Crippen LogP contribution in [0.15, 0.2) is 4.99 Å². The zero-order valence-electron chi connectivity index (χ0n) is 13.1. The number of carbonyl (C=O) groups excluding carboxylic acids is 1. The van der Waals surface area contributed by atoms with E-state index < -0.39 is 0 Å². The highest BCUT2D eigenvalue weighted by molar-refractivity contribution is 8.00. The average molecular weight is 300 g/mol. The number of nitrogens with one attached hydrogen (secondary N) is 3. The Morgan fingerprint density at radius 3 is 2.65 bits per heavy atom. The Bertz CT molecular complexity index is 333. The maximum atomic E-state index is 11.7. The lowest BCUT2D eigenvalue weighted by Crippen LogP contribution is -2.44. The number of hydrogen-bond acceptors (Lipinski definition) is 3. The molecule has 0 aromatic carbocycles. The van der Waals surface area contributed by atoms with E-state index in [1.807, 2.05) is 39.5 Å². The third-order valence-electron chi connectivity index (χ3n) is 2.76. The molecule has 1 atom stereocenters. The van der Waals surface area contributed by atoms with Crippen molar-refractivity contribution >= 4 is 23.6 Å². The summed E-state index contributed by atoms with van der Waals surface area (Å²) in [6.07, 6.45) is 2.57. The lowest BCUT2D eigenvalue weighted by Gasteiger charge is -2.20. The van der Waals surface area contributed by atoms with Gasteiger partial charge in [-0.05, 0) is 46.3 Å². The van der Waals surface area contributed by atoms with E-state index in [0.29, 0.717) is 5.25 Å². The summed E-state index contributed by atoms with van der Waals surface area (Å²) in [6.45, 7) is 9.79. The molecule has 1 unspecified atom stereocenters. The van der Waals surface area contributed by atoms with Crippen molar-refractivity contribution in [1.82, 2.24) is 16.0 Å². The molecule has 3 N–H and O–H groups in total. The lowest BCUT2D eigenvalue weighted by molar-refractivity contribution is -0.121. The number of hydrogen-bond donors (Lipinski definition) is 3. The number of nitrogens with zero attached hydrogens (tertiary/aromatic N) is 1. The maximum Gasteiger partial charge on any atom is 0.242 e. The van der Waals surface area contributed by atoms with Crippen LogP contribution in [0.4, 0.5) is 0 Å². The first-order valence-corrected chi connectivity index (χ1v) is 8.40. The lowest BCUT2D eigenvalue weighted by atomic mass is 10.1. The third kappa shape index (κ3) is 7.62. The van der Waals surface area contributed by atoms with Gasteiger partial charge in [0.1, 0.15) is 6.54 Å². The van der Waals surface area contributed by atoms with Gasteiger partial charge in [0.2, 0.25) is 5.91 Å². The van der Waals surface area contributed by atoms with E-state index in [-0.39, 0.29) is 18.0 Å². The normalized spacial score (nSPS) is 19.8. The Hall–Kier alpha value is -0.910. The molecular weight excluding hydrogens is 272 g/mol. The number of thioether (sulfide) groups is 1. The number of guanidine groups is 1. The van der Waals surface area contributed by atoms with Gasteiger partial charge in [-0.3, -0.25) is 4.79 Å². The molecule has 1 aliphatic heterocycles. The van der Waals surface area contributed by atoms with E-state index >= 15 is 0 Å². The Kier molecular flexibility index (Phi) is 7.19. The molecule has 116 valence electrons. The molecule has 0 aliphatic carbocycles. The molecule has 1 amide bonds. The first-order valence-electron chi connectivity index (χ1n) is 7.35. The van der Waals surface area contributed by atoms with Crippen LogP contribution in [0.1, 0.15) is 40.5 Å². The molecular formula is C14H28N4OS. The van der Waals surface area contributed by atoms with Crippen LogP contribution in [0.5, 0.6) is 0 Å². The molecule has 6 heteroatoms. The van der Waals surface area contributed by atoms with Crippen molar-refractivity contribution in [3.8, 4) is 0 Å². The van der Waals surface area contributed by atoms with Crippen LogP contribution in [0.25, 0.3) is 0 Å². The molecule has 1 saturated heterocycles. The molecule has 1 fully saturated rings. The molecule has 1 aliphatic rings. The molecule has 0 aromatic heterocycles. The van der Waals surface area contributed by atoms with Gasteiger partial charge in [-0.25, -0.2) is 4.99 Å². The van der Waals surface area contributed by atoms with Gasteiger partial charge in [-0.2, -0.15) is 11.8 Å². The topological polar surface area (TPSA) is 65.5 Å². The van der Waals surface area contributed by atoms with Crippen molar-refractivity contribution in [3.63, 3.8) is 0 Å². The quantitative estimate of drug-likeness (QED) is 0.530. The predicted molar refractivity (Wildman–Crippen MR) is 87.4 cm³/mol. The summed E-state index contributed by atoms with van der Waals surface area (Å²) >= 11 is 2.01. The Morgan fingerprint density at radius 2 is 2.10 bits per heavy atom. The fourth-order valence-corrected chi connectivity index (χ4v) is 3.17. The van der Waals surface area contributed by atoms with Gasteiger partial charge in [0.25, 0.3) is 0 Å². The fraction of sp³-hybridized carbons (Fsp3) is 0.857. The van der Waals surface area contributed by atoms with Crippen LogP contribution in [-0.2, 0) is 4.79 Å². The van der Waals surface area contributed by atoms with Crippen molar-refractivity contribution < 1.29 is 4.79 Å². The summed E-state index contributed by atoms with van der Waals surface area (Å²) < 4.78 is 0. The van der Waals surface area contributed by atoms with Crippen LogP contribution in [0.2, 0.25) is 0 Å². The standard InChI is InChI=1S/C14H28N4OS/c1-5-15-13(16-9-11-7-6-8-20-11)17-10-12(19)18-14(2,3)4/h11H,5-10H2,1-4H3,(H,18,19)(H2,15,16,17). The zero-order valence-corrected chi connectivity index (χ0v) is 13.9. The van der Waals surface area contributed by atoms with E-state index in [2.05, 4.69) is 20.9 Å². The second-order valence-electron chi connectivity index (χ2n) is 6.01. The van der Waals surface area contributed by atoms with E-state index in [4.69, 9.17) is 0 Å². The van der Waals surface area contributed by atoms with E-state index in [9.17, 15) is 4.79 Å². The average Bonchev–Trinajstić information content (AvgIpc) is 2.83. The van der Waals surface area contributed by atoms with Gasteiger partial charge < -0.3 is 16.0 Å². The van der Waals surface area contributed by atoms with Crippen molar-refractivity contribution in [1.29, 1.82) is 0 Å². The predicted octanol–water partition coefficient (Wildman–Crippen LogP) is 1.35. The van der Waals surface area contributed by atoms with Gasteiger partial charge in [-0.1, -0.05) is 0 Å². The maximum absolute atomic E-state index is 11.7. The van der Waals surface area contributed by atoms with Crippen LogP contribution in [-0.4, -0.2) is 48.0 Å². The molecule has 1 heterocycles. The first kappa shape index (κ1) is 17.1. The summed E-state index contributed by atoms with van der Waals surface area (Å²) in [5, 5.41) is 10.1. The fourth-order valence-electron chi connectivity index (χ4n) is 1.97. The number of aliphatic imine (C=N–C) groups is 1. The van der Waals surface area contributed by atoms with Crippen molar-refractivity contribution in [3.05, 3.63) is 0 Å². The second-order valence-corrected chi connectivity index (χ2v) is 7.42. The number of rotatable bonds is 5. The largest absolute Gasteiger partial charge is 0.357 e. The molecule has 0 saturated carbocycles. The summed E-state index contributed by atoms with van der Waals surface area (Å²) in [5.41, 5.74) is -0.209. The van der Waals surface area contributed by atoms with Gasteiger partial charge >= 0.3 is 0 Å². The minimum absolute atomic E-state index is 0.0510. The molecule has 1 rings (SSSR count). The molecule has 0 aromatic rings. The summed E-state index contributed by atoms with van der Waals surface area (Å²) in [4.78, 5) is 16.1. The molecule has 20 heavy (non-hydrogen) atoms. The summed E-state index contributed by atoms with van der Waals surface area (Å²) in [5.74, 6) is 1.93. The summed E-state index contributed by atoms with van der Waals surface area (Å²) in [6, 6.07) is 0. The van der Waals surface area contributed by atoms with Crippen LogP contribution < -0.4 is 16.0 Å². The monoisotopic (exact) mass is 300 g/mol. The highest BCUT2D eigenvalue weighted by Gasteiger charge is 2.16. The Labute approximate surface area is 126 Å². The SMILES string of the molecule is CCNC(=NCC(=O)NC(C)(C)C)NCC1CCCS1. The van der Waals surface area contributed by atoms with Gasteiger partial charge in [0.15, 0.2) is 5.96 Å². The van der Waals surface area contributed by atoms with E-state index in [1.54, 1.807) is 0 Å². The highest BCUT2D eigenvalue weighted by Crippen LogP contribution is 2.25. The first-order chi connectivity index (χ1) is 9.40. The van der Waals surface area contributed by atoms with Crippen molar-refractivity contribution in [2.75, 3.05) is 25.4 Å². The molecule has 0 spiro atoms. The van der Waals surface area contributed by atoms with Crippen LogP contribution in [0, 0.1) is 0 Å². The minimum atomic E-state index is -0.209. The minimum Gasteiger partial charge on any atom is -0.357 e. The second kappa shape index (κ2) is 8.39. The molecule has 0 radical (unpaired) electrons. The Morgan fingerprint density at radius 1 is 1.35 bits per heavy atom. The van der Waals surface area contributed by atoms with Gasteiger partial charge in [0, 0.05) is 23.9 Å². The van der Waals surface area contributed by atoms with Crippen molar-refractivity contribution in [2.45, 2.75) is 51.3 Å². The molecule has 5 nitrogen and oxygen atoms in total. The van der Waals surface area contributed by atoms with Gasteiger partial charge in [-0.15, -0.1) is 0 Å². The van der Waals surface area contributed by atoms with Gasteiger partial charge in [0.05, 0.1) is 0 Å². The van der Waals surface area contributed by atoms with E-state index in [0.717, 1.165) is 19.0 Å². The number of carbonyl (C=O) groups is 1. The Balaban J connectivity index is 2.38. The third-order valence-corrected chi connectivity index (χ3v) is 4.16. The smallest absolute Gasteiger partial charge is 0.242 e. The van der Waals surface area contributed by atoms with E-state index in [1.165, 1.54) is 18.6 Å². The zero-order chi connectivity index (χ0) is 15.0. The number of amides is 1. The van der Waals surface area contributed by atoms with Crippen LogP contribution >= 0.6 is 11.8 Å². The van der Waals surface area contributed by atoms with Crippen molar-refractivity contribution in [2.24, 2.45) is 4.99 Å². The summed E-state index contributed by atoms with van der Waals surface area (Å²) in [7, 11) is 0.